The Morgan fingerprint density at radius 2 is 2.38 bits per heavy atom. The fourth-order valence-corrected chi connectivity index (χ4v) is 2.76. The normalized spacial score (nSPS) is 15.6. The number of rotatable bonds is 3. The quantitative estimate of drug-likeness (QED) is 0.863. The van der Waals surface area contributed by atoms with Crippen molar-refractivity contribution in [3.8, 4) is 0 Å². The van der Waals surface area contributed by atoms with Gasteiger partial charge in [0.15, 0.2) is 0 Å². The van der Waals surface area contributed by atoms with E-state index in [0.29, 0.717) is 24.7 Å². The lowest BCUT2D eigenvalue weighted by molar-refractivity contribution is -0.136. The van der Waals surface area contributed by atoms with E-state index in [0.717, 1.165) is 17.7 Å². The Morgan fingerprint density at radius 1 is 1.52 bits per heavy atom. The zero-order valence-corrected chi connectivity index (χ0v) is 12.5. The van der Waals surface area contributed by atoms with Crippen LogP contribution in [0.3, 0.4) is 0 Å². The highest BCUT2D eigenvalue weighted by molar-refractivity contribution is 6.30. The van der Waals surface area contributed by atoms with Crippen LogP contribution in [0.2, 0.25) is 5.02 Å². The first-order valence-electron chi connectivity index (χ1n) is 6.88. The van der Waals surface area contributed by atoms with Crippen molar-refractivity contribution in [2.24, 2.45) is 5.92 Å². The highest BCUT2D eigenvalue weighted by atomic mass is 35.5. The van der Waals surface area contributed by atoms with Crippen LogP contribution in [-0.4, -0.2) is 37.1 Å². The van der Waals surface area contributed by atoms with E-state index >= 15 is 0 Å². The number of nitrogens with zero attached hydrogens (tertiary/aromatic N) is 5. The molecule has 7 heteroatoms. The van der Waals surface area contributed by atoms with Crippen LogP contribution in [0.25, 0.3) is 0 Å². The number of hydrogen-bond acceptors (Lipinski definition) is 4. The zero-order valence-electron chi connectivity index (χ0n) is 11.7. The van der Waals surface area contributed by atoms with E-state index in [-0.39, 0.29) is 11.8 Å². The molecule has 0 saturated carbocycles. The molecule has 0 saturated heterocycles. The number of pyridine rings is 1. The molecule has 21 heavy (non-hydrogen) atoms. The van der Waals surface area contributed by atoms with Crippen LogP contribution >= 0.6 is 11.6 Å². The van der Waals surface area contributed by atoms with E-state index < -0.39 is 0 Å². The van der Waals surface area contributed by atoms with E-state index in [4.69, 9.17) is 11.6 Å². The van der Waals surface area contributed by atoms with Crippen molar-refractivity contribution in [2.75, 3.05) is 6.54 Å². The molecule has 0 bridgehead atoms. The predicted octanol–water partition coefficient (Wildman–Crippen LogP) is 1.55. The van der Waals surface area contributed by atoms with Gasteiger partial charge in [-0.3, -0.25) is 14.5 Å². The molecule has 0 radical (unpaired) electrons. The smallest absolute Gasteiger partial charge is 0.227 e. The minimum absolute atomic E-state index is 0.121. The SMILES string of the molecule is C[C@H](Cn1cncn1)C(=O)N1CCc2ncc(Cl)cc2C1. The molecule has 1 amide bonds. The van der Waals surface area contributed by atoms with Gasteiger partial charge < -0.3 is 4.90 Å². The van der Waals surface area contributed by atoms with Gasteiger partial charge in [0.2, 0.25) is 5.91 Å². The molecule has 1 aliphatic heterocycles. The summed E-state index contributed by atoms with van der Waals surface area (Å²) >= 11 is 5.98. The van der Waals surface area contributed by atoms with Crippen LogP contribution in [-0.2, 0) is 24.3 Å². The third-order valence-corrected chi connectivity index (χ3v) is 3.87. The summed E-state index contributed by atoms with van der Waals surface area (Å²) in [6, 6.07) is 1.89. The third kappa shape index (κ3) is 3.05. The Morgan fingerprint density at radius 3 is 3.14 bits per heavy atom. The highest BCUT2D eigenvalue weighted by Crippen LogP contribution is 2.21. The van der Waals surface area contributed by atoms with Crippen LogP contribution in [0.5, 0.6) is 0 Å². The molecule has 1 aliphatic rings. The van der Waals surface area contributed by atoms with Gasteiger partial charge in [-0.25, -0.2) is 4.98 Å². The number of carbonyl (C=O) groups is 1. The van der Waals surface area contributed by atoms with E-state index in [2.05, 4.69) is 15.1 Å². The van der Waals surface area contributed by atoms with Crippen molar-refractivity contribution in [3.05, 3.63) is 41.2 Å². The maximum atomic E-state index is 12.5. The van der Waals surface area contributed by atoms with Gasteiger partial charge >= 0.3 is 0 Å². The van der Waals surface area contributed by atoms with E-state index in [1.807, 2.05) is 17.9 Å². The minimum atomic E-state index is -0.139. The first-order chi connectivity index (χ1) is 10.1. The van der Waals surface area contributed by atoms with Gasteiger partial charge in [0.05, 0.1) is 17.5 Å². The molecule has 0 fully saturated rings. The van der Waals surface area contributed by atoms with Crippen molar-refractivity contribution < 1.29 is 4.79 Å². The van der Waals surface area contributed by atoms with Gasteiger partial charge in [-0.15, -0.1) is 0 Å². The highest BCUT2D eigenvalue weighted by Gasteiger charge is 2.25. The molecule has 3 rings (SSSR count). The second-order valence-corrected chi connectivity index (χ2v) is 5.72. The summed E-state index contributed by atoms with van der Waals surface area (Å²) in [6.07, 6.45) is 5.53. The molecule has 0 aromatic carbocycles. The van der Waals surface area contributed by atoms with Crippen LogP contribution in [0.15, 0.2) is 24.9 Å². The molecular formula is C14H16ClN5O. The molecule has 0 N–H and O–H groups in total. The van der Waals surface area contributed by atoms with Gasteiger partial charge in [0, 0.05) is 31.4 Å². The molecule has 2 aromatic heterocycles. The second-order valence-electron chi connectivity index (χ2n) is 5.29. The largest absolute Gasteiger partial charge is 0.338 e. The van der Waals surface area contributed by atoms with Gasteiger partial charge in [0.25, 0.3) is 0 Å². The maximum absolute atomic E-state index is 12.5. The molecule has 0 spiro atoms. The summed E-state index contributed by atoms with van der Waals surface area (Å²) in [6.45, 7) is 3.72. The summed E-state index contributed by atoms with van der Waals surface area (Å²) in [4.78, 5) is 22.6. The Labute approximate surface area is 127 Å². The maximum Gasteiger partial charge on any atom is 0.227 e. The lowest BCUT2D eigenvalue weighted by atomic mass is 10.0. The number of hydrogen-bond donors (Lipinski definition) is 0. The van der Waals surface area contributed by atoms with Crippen LogP contribution in [0, 0.1) is 5.92 Å². The number of fused-ring (bicyclic) bond motifs is 1. The summed E-state index contributed by atoms with van der Waals surface area (Å²) in [5.74, 6) is -0.0171. The van der Waals surface area contributed by atoms with Gasteiger partial charge in [-0.2, -0.15) is 5.10 Å². The van der Waals surface area contributed by atoms with Crippen LogP contribution in [0.4, 0.5) is 0 Å². The van der Waals surface area contributed by atoms with Gasteiger partial charge in [-0.1, -0.05) is 18.5 Å². The number of carbonyl (C=O) groups excluding carboxylic acids is 1. The van der Waals surface area contributed by atoms with E-state index in [9.17, 15) is 4.79 Å². The fourth-order valence-electron chi connectivity index (χ4n) is 2.58. The topological polar surface area (TPSA) is 63.9 Å². The summed E-state index contributed by atoms with van der Waals surface area (Å²) < 4.78 is 1.68. The molecule has 6 nitrogen and oxygen atoms in total. The Balaban J connectivity index is 1.68. The molecule has 0 aliphatic carbocycles. The molecule has 1 atom stereocenters. The first kappa shape index (κ1) is 14.0. The Bertz CT molecular complexity index is 643. The van der Waals surface area contributed by atoms with Crippen molar-refractivity contribution in [3.63, 3.8) is 0 Å². The van der Waals surface area contributed by atoms with Crippen molar-refractivity contribution >= 4 is 17.5 Å². The average molecular weight is 306 g/mol. The second kappa shape index (κ2) is 5.81. The number of aromatic nitrogens is 4. The molecule has 110 valence electrons. The number of halogens is 1. The predicted molar refractivity (Wildman–Crippen MR) is 77.6 cm³/mol. The summed E-state index contributed by atoms with van der Waals surface area (Å²) in [7, 11) is 0. The minimum Gasteiger partial charge on any atom is -0.338 e. The molecular weight excluding hydrogens is 290 g/mol. The Kier molecular flexibility index (Phi) is 3.88. The molecule has 2 aromatic rings. The first-order valence-corrected chi connectivity index (χ1v) is 7.26. The average Bonchev–Trinajstić information content (AvgIpc) is 2.98. The zero-order chi connectivity index (χ0) is 14.8. The summed E-state index contributed by atoms with van der Waals surface area (Å²) in [5, 5.41) is 4.65. The van der Waals surface area contributed by atoms with Crippen LogP contribution < -0.4 is 0 Å². The van der Waals surface area contributed by atoms with Crippen LogP contribution in [0.1, 0.15) is 18.2 Å². The van der Waals surface area contributed by atoms with Gasteiger partial charge in [0.1, 0.15) is 12.7 Å². The van der Waals surface area contributed by atoms with E-state index in [1.165, 1.54) is 6.33 Å². The number of amides is 1. The standard InChI is InChI=1S/C14H16ClN5O/c1-10(6-20-9-16-8-18-20)14(21)19-3-2-13-11(7-19)4-12(15)5-17-13/h4-5,8-10H,2-3,6-7H2,1H3/t10-/m1/s1. The lowest BCUT2D eigenvalue weighted by Gasteiger charge is -2.30. The fraction of sp³-hybridized carbons (Fsp3) is 0.429. The van der Waals surface area contributed by atoms with Gasteiger partial charge in [-0.05, 0) is 11.6 Å². The summed E-state index contributed by atoms with van der Waals surface area (Å²) in [5.41, 5.74) is 2.07. The monoisotopic (exact) mass is 305 g/mol. The van der Waals surface area contributed by atoms with Crippen molar-refractivity contribution in [2.45, 2.75) is 26.4 Å². The Hall–Kier alpha value is -1.95. The molecule has 0 unspecified atom stereocenters. The lowest BCUT2D eigenvalue weighted by Crippen LogP contribution is -2.40. The third-order valence-electron chi connectivity index (χ3n) is 3.67. The van der Waals surface area contributed by atoms with Crippen molar-refractivity contribution in [1.29, 1.82) is 0 Å². The molecule has 3 heterocycles. The van der Waals surface area contributed by atoms with Crippen molar-refractivity contribution in [1.82, 2.24) is 24.6 Å². The van der Waals surface area contributed by atoms with E-state index in [1.54, 1.807) is 17.2 Å².